The molecule has 0 N–H and O–H groups in total. The standard InChI is InChI=1S/C19H16ClNO4S/c1-12-10-16(19(24-11-12)13-6-8-14(20)9-7-13)18-15-4-2-3-5-17(15)25-26(22,23)21-18/h2-9,16,19H,1,10-11H2/t16?,19-/m1/s1. The smallest absolute Gasteiger partial charge is 0.368 e. The number of rotatable bonds is 2. The summed E-state index contributed by atoms with van der Waals surface area (Å²) >= 11 is 5.99. The van der Waals surface area contributed by atoms with Gasteiger partial charge in [-0.3, -0.25) is 0 Å². The second-order valence-corrected chi connectivity index (χ2v) is 7.97. The summed E-state index contributed by atoms with van der Waals surface area (Å²) in [6.07, 6.45) is 0.230. The molecule has 2 atom stereocenters. The van der Waals surface area contributed by atoms with Crippen LogP contribution in [0.25, 0.3) is 0 Å². The molecule has 7 heteroatoms. The van der Waals surface area contributed by atoms with Crippen LogP contribution in [0.4, 0.5) is 0 Å². The van der Waals surface area contributed by atoms with E-state index in [0.717, 1.165) is 11.1 Å². The minimum absolute atomic E-state index is 0.281. The fourth-order valence-corrected chi connectivity index (χ4v) is 4.35. The van der Waals surface area contributed by atoms with Crippen molar-refractivity contribution in [2.75, 3.05) is 6.61 Å². The SMILES string of the molecule is C=C1CO[C@H](c2ccc(Cl)cc2)C(C2=NS(=O)(=O)Oc3ccccc32)C1. The van der Waals surface area contributed by atoms with Gasteiger partial charge in [0.05, 0.1) is 18.4 Å². The van der Waals surface area contributed by atoms with E-state index in [-0.39, 0.29) is 17.8 Å². The third kappa shape index (κ3) is 3.28. The Morgan fingerprint density at radius 3 is 2.62 bits per heavy atom. The summed E-state index contributed by atoms with van der Waals surface area (Å²) < 4.78 is 39.3. The summed E-state index contributed by atoms with van der Waals surface area (Å²) in [4.78, 5) is 0. The zero-order valence-corrected chi connectivity index (χ0v) is 15.3. The first-order chi connectivity index (χ1) is 12.4. The quantitative estimate of drug-likeness (QED) is 0.725. The Hall–Kier alpha value is -2.15. The third-order valence-electron chi connectivity index (χ3n) is 4.46. The van der Waals surface area contributed by atoms with Crippen LogP contribution in [0.1, 0.15) is 23.7 Å². The minimum Gasteiger partial charge on any atom is -0.368 e. The number of fused-ring (bicyclic) bond motifs is 1. The molecule has 0 spiro atoms. The summed E-state index contributed by atoms with van der Waals surface area (Å²) in [6, 6.07) is 14.3. The van der Waals surface area contributed by atoms with E-state index < -0.39 is 10.3 Å². The largest absolute Gasteiger partial charge is 0.428 e. The highest BCUT2D eigenvalue weighted by Crippen LogP contribution is 2.41. The van der Waals surface area contributed by atoms with Crippen molar-refractivity contribution < 1.29 is 17.3 Å². The molecule has 1 saturated heterocycles. The molecule has 0 aromatic heterocycles. The lowest BCUT2D eigenvalue weighted by atomic mass is 9.81. The van der Waals surface area contributed by atoms with E-state index in [0.29, 0.717) is 29.3 Å². The number of nitrogens with zero attached hydrogens (tertiary/aromatic N) is 1. The van der Waals surface area contributed by atoms with Crippen molar-refractivity contribution in [1.29, 1.82) is 0 Å². The summed E-state index contributed by atoms with van der Waals surface area (Å²) in [5.41, 5.74) is 2.90. The highest BCUT2D eigenvalue weighted by molar-refractivity contribution is 7.86. The van der Waals surface area contributed by atoms with Gasteiger partial charge in [0.25, 0.3) is 0 Å². The molecular formula is C19H16ClNO4S. The molecule has 0 radical (unpaired) electrons. The molecule has 2 aliphatic rings. The molecule has 0 amide bonds. The molecule has 1 fully saturated rings. The van der Waals surface area contributed by atoms with Crippen molar-refractivity contribution in [1.82, 2.24) is 0 Å². The summed E-state index contributed by atoms with van der Waals surface area (Å²) in [5.74, 6) is -0.0132. The van der Waals surface area contributed by atoms with Crippen molar-refractivity contribution >= 4 is 27.6 Å². The molecule has 5 nitrogen and oxygen atoms in total. The highest BCUT2D eigenvalue weighted by Gasteiger charge is 2.38. The number of benzene rings is 2. The molecule has 2 heterocycles. The Kier molecular flexibility index (Phi) is 4.34. The van der Waals surface area contributed by atoms with Gasteiger partial charge in [0.1, 0.15) is 0 Å². The molecule has 4 rings (SSSR count). The fourth-order valence-electron chi connectivity index (χ4n) is 3.34. The number of para-hydroxylation sites is 1. The second kappa shape index (κ2) is 6.54. The predicted molar refractivity (Wildman–Crippen MR) is 99.9 cm³/mol. The Morgan fingerprint density at radius 2 is 1.85 bits per heavy atom. The maximum atomic E-state index is 12.1. The van der Waals surface area contributed by atoms with Crippen LogP contribution in [0.2, 0.25) is 5.02 Å². The van der Waals surface area contributed by atoms with E-state index in [9.17, 15) is 8.42 Å². The lowest BCUT2D eigenvalue weighted by Gasteiger charge is -2.35. The van der Waals surface area contributed by atoms with Gasteiger partial charge in [-0.05, 0) is 36.2 Å². The van der Waals surface area contributed by atoms with Gasteiger partial charge < -0.3 is 8.92 Å². The Labute approximate surface area is 157 Å². The average Bonchev–Trinajstić information content (AvgIpc) is 2.61. The Bertz CT molecular complexity index is 998. The maximum Gasteiger partial charge on any atom is 0.428 e. The topological polar surface area (TPSA) is 65.0 Å². The van der Waals surface area contributed by atoms with E-state index in [1.807, 2.05) is 18.2 Å². The summed E-state index contributed by atoms with van der Waals surface area (Å²) in [7, 11) is -4.04. The molecule has 2 aliphatic heterocycles. The van der Waals surface area contributed by atoms with E-state index in [1.54, 1.807) is 30.3 Å². The monoisotopic (exact) mass is 389 g/mol. The molecule has 2 aromatic rings. The minimum atomic E-state index is -4.04. The normalized spacial score (nSPS) is 24.3. The van der Waals surface area contributed by atoms with Crippen LogP contribution in [0, 0.1) is 5.92 Å². The van der Waals surface area contributed by atoms with Crippen LogP contribution in [0.5, 0.6) is 5.75 Å². The molecule has 0 saturated carbocycles. The van der Waals surface area contributed by atoms with Gasteiger partial charge in [-0.15, -0.1) is 4.40 Å². The first-order valence-corrected chi connectivity index (χ1v) is 9.85. The number of hydrogen-bond acceptors (Lipinski definition) is 4. The molecule has 1 unspecified atom stereocenters. The van der Waals surface area contributed by atoms with E-state index in [4.69, 9.17) is 20.5 Å². The van der Waals surface area contributed by atoms with Crippen LogP contribution in [-0.4, -0.2) is 20.7 Å². The van der Waals surface area contributed by atoms with E-state index in [1.165, 1.54) is 0 Å². The van der Waals surface area contributed by atoms with Crippen LogP contribution >= 0.6 is 11.6 Å². The molecular weight excluding hydrogens is 374 g/mol. The molecule has 26 heavy (non-hydrogen) atoms. The average molecular weight is 390 g/mol. The van der Waals surface area contributed by atoms with Crippen LogP contribution < -0.4 is 4.18 Å². The third-order valence-corrected chi connectivity index (χ3v) is 5.52. The number of ether oxygens (including phenoxy) is 1. The lowest BCUT2D eigenvalue weighted by molar-refractivity contribution is 0.0209. The highest BCUT2D eigenvalue weighted by atomic mass is 35.5. The van der Waals surface area contributed by atoms with Gasteiger partial charge in [-0.1, -0.05) is 48.0 Å². The molecule has 134 valence electrons. The summed E-state index contributed by atoms with van der Waals surface area (Å²) in [5, 5.41) is 0.627. The van der Waals surface area contributed by atoms with Crippen LogP contribution in [-0.2, 0) is 15.0 Å². The van der Waals surface area contributed by atoms with Crippen molar-refractivity contribution in [3.05, 3.63) is 76.8 Å². The first-order valence-electron chi connectivity index (χ1n) is 8.10. The zero-order valence-electron chi connectivity index (χ0n) is 13.8. The lowest BCUT2D eigenvalue weighted by Crippen LogP contribution is -2.33. The summed E-state index contributed by atoms with van der Waals surface area (Å²) in [6.45, 7) is 4.43. The Morgan fingerprint density at radius 1 is 1.12 bits per heavy atom. The van der Waals surface area contributed by atoms with Crippen molar-refractivity contribution in [2.45, 2.75) is 12.5 Å². The van der Waals surface area contributed by atoms with Crippen molar-refractivity contribution in [2.24, 2.45) is 10.3 Å². The molecule has 0 aliphatic carbocycles. The Balaban J connectivity index is 1.83. The first kappa shape index (κ1) is 17.3. The number of halogens is 1. The van der Waals surface area contributed by atoms with Gasteiger partial charge in [0.2, 0.25) is 0 Å². The predicted octanol–water partition coefficient (Wildman–Crippen LogP) is 4.10. The van der Waals surface area contributed by atoms with Gasteiger partial charge in [0, 0.05) is 16.5 Å². The van der Waals surface area contributed by atoms with Crippen LogP contribution in [0.3, 0.4) is 0 Å². The van der Waals surface area contributed by atoms with Gasteiger partial charge in [-0.2, -0.15) is 8.42 Å². The maximum absolute atomic E-state index is 12.1. The molecule has 0 bridgehead atoms. The van der Waals surface area contributed by atoms with Gasteiger partial charge in [-0.25, -0.2) is 0 Å². The number of hydrogen-bond donors (Lipinski definition) is 0. The zero-order chi connectivity index (χ0) is 18.3. The van der Waals surface area contributed by atoms with E-state index >= 15 is 0 Å². The second-order valence-electron chi connectivity index (χ2n) is 6.33. The molecule has 2 aromatic carbocycles. The van der Waals surface area contributed by atoms with Crippen LogP contribution in [0.15, 0.2) is 65.1 Å². The van der Waals surface area contributed by atoms with Crippen molar-refractivity contribution in [3.8, 4) is 5.75 Å². The van der Waals surface area contributed by atoms with Crippen molar-refractivity contribution in [3.63, 3.8) is 0 Å². The van der Waals surface area contributed by atoms with E-state index in [2.05, 4.69) is 11.0 Å². The fraction of sp³-hybridized carbons (Fsp3) is 0.211. The van der Waals surface area contributed by atoms with Gasteiger partial charge >= 0.3 is 10.3 Å². The van der Waals surface area contributed by atoms with Gasteiger partial charge in [0.15, 0.2) is 5.75 Å².